The molecule has 0 bridgehead atoms. The molecule has 2 aromatic carbocycles. The molecule has 1 atom stereocenters. The molecule has 8 nitrogen and oxygen atoms in total. The fourth-order valence-corrected chi connectivity index (χ4v) is 4.07. The maximum absolute atomic E-state index is 12.8. The molecular formula is C24H23ClN4O4. The van der Waals surface area contributed by atoms with Gasteiger partial charge < -0.3 is 16.0 Å². The predicted molar refractivity (Wildman–Crippen MR) is 124 cm³/mol. The van der Waals surface area contributed by atoms with Gasteiger partial charge in [-0.25, -0.2) is 0 Å². The Labute approximate surface area is 196 Å². The van der Waals surface area contributed by atoms with Gasteiger partial charge in [0.25, 0.3) is 11.8 Å². The predicted octanol–water partition coefficient (Wildman–Crippen LogP) is 2.85. The molecule has 1 fully saturated rings. The van der Waals surface area contributed by atoms with Gasteiger partial charge in [-0.3, -0.25) is 24.1 Å². The molecule has 2 heterocycles. The van der Waals surface area contributed by atoms with Crippen LogP contribution < -0.4 is 16.0 Å². The number of imide groups is 1. The minimum Gasteiger partial charge on any atom is -0.354 e. The first-order chi connectivity index (χ1) is 15.9. The van der Waals surface area contributed by atoms with Crippen LogP contribution in [0.4, 0.5) is 11.4 Å². The number of benzene rings is 2. The molecule has 1 saturated heterocycles. The number of piperidine rings is 1. The van der Waals surface area contributed by atoms with Crippen LogP contribution >= 0.6 is 11.6 Å². The summed E-state index contributed by atoms with van der Waals surface area (Å²) >= 11 is 5.94. The molecule has 2 aliphatic heterocycles. The van der Waals surface area contributed by atoms with Gasteiger partial charge in [0, 0.05) is 35.4 Å². The lowest BCUT2D eigenvalue weighted by Gasteiger charge is -2.28. The van der Waals surface area contributed by atoms with E-state index in [1.807, 2.05) is 12.1 Å². The highest BCUT2D eigenvalue weighted by Crippen LogP contribution is 2.23. The van der Waals surface area contributed by atoms with E-state index in [0.717, 1.165) is 10.5 Å². The molecule has 9 heteroatoms. The zero-order chi connectivity index (χ0) is 23.4. The third kappa shape index (κ3) is 5.40. The van der Waals surface area contributed by atoms with E-state index in [2.05, 4.69) is 16.0 Å². The highest BCUT2D eigenvalue weighted by atomic mass is 35.5. The van der Waals surface area contributed by atoms with E-state index in [4.69, 9.17) is 11.6 Å². The molecule has 0 radical (unpaired) electrons. The third-order valence-corrected chi connectivity index (χ3v) is 5.71. The lowest BCUT2D eigenvalue weighted by atomic mass is 10.1. The van der Waals surface area contributed by atoms with Crippen molar-refractivity contribution in [2.45, 2.75) is 31.7 Å². The largest absolute Gasteiger partial charge is 0.354 e. The van der Waals surface area contributed by atoms with Crippen molar-refractivity contribution in [1.82, 2.24) is 10.2 Å². The van der Waals surface area contributed by atoms with E-state index in [9.17, 15) is 19.2 Å². The van der Waals surface area contributed by atoms with Crippen molar-refractivity contribution in [3.8, 4) is 0 Å². The minimum atomic E-state index is -0.779. The van der Waals surface area contributed by atoms with Gasteiger partial charge in [0.1, 0.15) is 11.7 Å². The topological polar surface area (TPSA) is 108 Å². The maximum atomic E-state index is 12.8. The summed E-state index contributed by atoms with van der Waals surface area (Å²) in [7, 11) is 0. The molecule has 4 amide bonds. The number of amides is 4. The van der Waals surface area contributed by atoms with Crippen molar-refractivity contribution in [2.75, 3.05) is 17.2 Å². The molecule has 0 spiro atoms. The molecule has 170 valence electrons. The highest BCUT2D eigenvalue weighted by molar-refractivity contribution is 6.30. The van der Waals surface area contributed by atoms with E-state index in [1.54, 1.807) is 36.4 Å². The number of nitrogens with one attached hydrogen (secondary N) is 3. The summed E-state index contributed by atoms with van der Waals surface area (Å²) in [5.41, 5.74) is 2.26. The Balaban J connectivity index is 1.35. The van der Waals surface area contributed by atoms with E-state index in [1.165, 1.54) is 6.08 Å². The molecular weight excluding hydrogens is 444 g/mol. The van der Waals surface area contributed by atoms with Crippen molar-refractivity contribution in [1.29, 1.82) is 0 Å². The Hall–Kier alpha value is -3.65. The number of hydrogen-bond acceptors (Lipinski definition) is 5. The third-order valence-electron chi connectivity index (χ3n) is 5.48. The second kappa shape index (κ2) is 9.87. The lowest BCUT2D eigenvalue weighted by molar-refractivity contribution is -0.146. The van der Waals surface area contributed by atoms with E-state index >= 15 is 0 Å². The Morgan fingerprint density at radius 3 is 2.67 bits per heavy atom. The molecule has 3 N–H and O–H groups in total. The van der Waals surface area contributed by atoms with Gasteiger partial charge in [-0.05, 0) is 55.2 Å². The number of nitrogens with zero attached hydrogens (tertiary/aromatic N) is 1. The summed E-state index contributed by atoms with van der Waals surface area (Å²) in [6.45, 7) is 0.550. The van der Waals surface area contributed by atoms with Crippen LogP contribution in [-0.2, 0) is 25.6 Å². The monoisotopic (exact) mass is 466 g/mol. The van der Waals surface area contributed by atoms with Crippen LogP contribution in [0.5, 0.6) is 0 Å². The molecule has 0 aliphatic carbocycles. The Kier molecular flexibility index (Phi) is 6.74. The first kappa shape index (κ1) is 22.5. The highest BCUT2D eigenvalue weighted by Gasteiger charge is 2.40. The van der Waals surface area contributed by atoms with Crippen molar-refractivity contribution in [3.05, 3.63) is 70.9 Å². The molecule has 1 unspecified atom stereocenters. The smallest absolute Gasteiger partial charge is 0.278 e. The molecule has 33 heavy (non-hydrogen) atoms. The van der Waals surface area contributed by atoms with Crippen molar-refractivity contribution in [2.24, 2.45) is 0 Å². The second-order valence-corrected chi connectivity index (χ2v) is 8.34. The lowest BCUT2D eigenvalue weighted by Crippen LogP contribution is -2.53. The van der Waals surface area contributed by atoms with Gasteiger partial charge >= 0.3 is 0 Å². The first-order valence-electron chi connectivity index (χ1n) is 10.7. The second-order valence-electron chi connectivity index (χ2n) is 7.90. The number of rotatable bonds is 7. The summed E-state index contributed by atoms with van der Waals surface area (Å²) in [5, 5.41) is 9.03. The SMILES string of the molecule is O=C(CCc1cccc(NC2=CC(=O)N(C3CCCNC3=O)C2=O)c1)Nc1cccc(Cl)c1. The number of carbonyl (C=O) groups is 4. The van der Waals surface area contributed by atoms with Gasteiger partial charge in [0.15, 0.2) is 0 Å². The van der Waals surface area contributed by atoms with Gasteiger partial charge in [-0.15, -0.1) is 0 Å². The average molecular weight is 467 g/mol. The number of hydrogen-bond donors (Lipinski definition) is 3. The van der Waals surface area contributed by atoms with Crippen molar-refractivity contribution in [3.63, 3.8) is 0 Å². The van der Waals surface area contributed by atoms with Crippen LogP contribution in [0.2, 0.25) is 5.02 Å². The van der Waals surface area contributed by atoms with Crippen LogP contribution in [0.1, 0.15) is 24.8 Å². The minimum absolute atomic E-state index is 0.120. The maximum Gasteiger partial charge on any atom is 0.278 e. The number of halogens is 1. The van der Waals surface area contributed by atoms with Crippen LogP contribution in [0.25, 0.3) is 0 Å². The van der Waals surface area contributed by atoms with Gasteiger partial charge in [0.2, 0.25) is 11.8 Å². The number of anilines is 2. The first-order valence-corrected chi connectivity index (χ1v) is 11.1. The summed E-state index contributed by atoms with van der Waals surface area (Å²) < 4.78 is 0. The van der Waals surface area contributed by atoms with Crippen LogP contribution in [0.15, 0.2) is 60.3 Å². The molecule has 0 aromatic heterocycles. The normalized spacial score (nSPS) is 18.1. The van der Waals surface area contributed by atoms with Crippen LogP contribution in [0, 0.1) is 0 Å². The number of aryl methyl sites for hydroxylation is 1. The molecule has 4 rings (SSSR count). The standard InChI is InChI=1S/C24H23ClN4O4/c25-16-5-2-7-18(13-16)28-21(30)10-9-15-4-1-6-17(12-15)27-19-14-22(31)29(24(19)33)20-8-3-11-26-23(20)32/h1-2,4-7,12-14,20,27H,3,8-11H2,(H,26,32)(H,28,30). The van der Waals surface area contributed by atoms with E-state index < -0.39 is 17.9 Å². The Morgan fingerprint density at radius 2 is 1.88 bits per heavy atom. The van der Waals surface area contributed by atoms with Crippen molar-refractivity contribution < 1.29 is 19.2 Å². The van der Waals surface area contributed by atoms with Crippen LogP contribution in [-0.4, -0.2) is 41.1 Å². The van der Waals surface area contributed by atoms with Crippen molar-refractivity contribution >= 4 is 46.6 Å². The summed E-state index contributed by atoms with van der Waals surface area (Å²) in [6, 6.07) is 13.4. The summed E-state index contributed by atoms with van der Waals surface area (Å²) in [6.07, 6.45) is 3.14. The quantitative estimate of drug-likeness (QED) is 0.544. The number of carbonyl (C=O) groups excluding carboxylic acids is 4. The fourth-order valence-electron chi connectivity index (χ4n) is 3.88. The summed E-state index contributed by atoms with van der Waals surface area (Å²) in [4.78, 5) is 50.6. The van der Waals surface area contributed by atoms with Gasteiger partial charge in [-0.2, -0.15) is 0 Å². The van der Waals surface area contributed by atoms with Gasteiger partial charge in [-0.1, -0.05) is 29.8 Å². The van der Waals surface area contributed by atoms with E-state index in [0.29, 0.717) is 42.2 Å². The Bertz CT molecular complexity index is 1150. The Morgan fingerprint density at radius 1 is 1.09 bits per heavy atom. The summed E-state index contributed by atoms with van der Waals surface area (Å²) in [5.74, 6) is -1.47. The molecule has 0 saturated carbocycles. The average Bonchev–Trinajstić information content (AvgIpc) is 3.06. The zero-order valence-corrected chi connectivity index (χ0v) is 18.5. The van der Waals surface area contributed by atoms with Crippen LogP contribution in [0.3, 0.4) is 0 Å². The molecule has 2 aromatic rings. The van der Waals surface area contributed by atoms with Gasteiger partial charge in [0.05, 0.1) is 0 Å². The molecule has 2 aliphatic rings. The van der Waals surface area contributed by atoms with E-state index in [-0.39, 0.29) is 23.9 Å². The fraction of sp³-hybridized carbons (Fsp3) is 0.250. The zero-order valence-electron chi connectivity index (χ0n) is 17.8.